The lowest BCUT2D eigenvalue weighted by Gasteiger charge is -2.23. The van der Waals surface area contributed by atoms with E-state index in [2.05, 4.69) is 20.6 Å². The number of rotatable bonds is 5. The molecule has 2 aromatic rings. The third-order valence-corrected chi connectivity index (χ3v) is 4.67. The molecule has 0 atom stereocenters. The van der Waals surface area contributed by atoms with Crippen LogP contribution < -0.4 is 15.5 Å². The van der Waals surface area contributed by atoms with Gasteiger partial charge in [-0.2, -0.15) is 0 Å². The van der Waals surface area contributed by atoms with Crippen molar-refractivity contribution in [3.63, 3.8) is 0 Å². The molecule has 0 radical (unpaired) electrons. The van der Waals surface area contributed by atoms with Gasteiger partial charge in [0.25, 0.3) is 5.91 Å². The SMILES string of the molecule is Cc1cc(C(=O)Nc2ccc(N(C)C)cc2)nc(NC2CCCCC2)n1. The van der Waals surface area contributed by atoms with E-state index in [1.54, 1.807) is 6.07 Å². The Labute approximate surface area is 155 Å². The summed E-state index contributed by atoms with van der Waals surface area (Å²) in [5.41, 5.74) is 3.00. The monoisotopic (exact) mass is 353 g/mol. The number of hydrogen-bond acceptors (Lipinski definition) is 5. The molecule has 1 aliphatic carbocycles. The highest BCUT2D eigenvalue weighted by molar-refractivity contribution is 6.03. The third kappa shape index (κ3) is 4.71. The van der Waals surface area contributed by atoms with Crippen molar-refractivity contribution in [1.29, 1.82) is 0 Å². The van der Waals surface area contributed by atoms with Gasteiger partial charge in [-0.25, -0.2) is 9.97 Å². The van der Waals surface area contributed by atoms with E-state index in [9.17, 15) is 4.79 Å². The molecular weight excluding hydrogens is 326 g/mol. The quantitative estimate of drug-likeness (QED) is 0.854. The predicted octanol–water partition coefficient (Wildman–Crippen LogP) is 3.85. The summed E-state index contributed by atoms with van der Waals surface area (Å²) in [5.74, 6) is 0.324. The van der Waals surface area contributed by atoms with Crippen LogP contribution in [0.4, 0.5) is 17.3 Å². The molecular formula is C20H27N5O. The van der Waals surface area contributed by atoms with Gasteiger partial charge in [-0.15, -0.1) is 0 Å². The van der Waals surface area contributed by atoms with Gasteiger partial charge in [0.05, 0.1) is 0 Å². The van der Waals surface area contributed by atoms with Crippen molar-refractivity contribution < 1.29 is 4.79 Å². The van der Waals surface area contributed by atoms with Crippen molar-refractivity contribution in [2.45, 2.75) is 45.1 Å². The molecule has 6 nitrogen and oxygen atoms in total. The highest BCUT2D eigenvalue weighted by Crippen LogP contribution is 2.21. The highest BCUT2D eigenvalue weighted by Gasteiger charge is 2.16. The standard InChI is InChI=1S/C20H27N5O/c1-14-13-18(24-20(21-14)23-15-7-5-4-6-8-15)19(26)22-16-9-11-17(12-10-16)25(2)3/h9-13,15H,4-8H2,1-3H3,(H,22,26)(H,21,23,24). The van der Waals surface area contributed by atoms with Gasteiger partial charge in [-0.05, 0) is 50.1 Å². The molecule has 0 bridgehead atoms. The van der Waals surface area contributed by atoms with E-state index in [0.717, 1.165) is 29.9 Å². The lowest BCUT2D eigenvalue weighted by Crippen LogP contribution is -2.24. The topological polar surface area (TPSA) is 70.2 Å². The molecule has 1 fully saturated rings. The summed E-state index contributed by atoms with van der Waals surface area (Å²) in [6.45, 7) is 1.89. The van der Waals surface area contributed by atoms with Gasteiger partial charge >= 0.3 is 0 Å². The minimum Gasteiger partial charge on any atom is -0.378 e. The van der Waals surface area contributed by atoms with Gasteiger partial charge in [-0.3, -0.25) is 4.79 Å². The molecule has 0 saturated heterocycles. The molecule has 138 valence electrons. The first kappa shape index (κ1) is 18.2. The molecule has 3 rings (SSSR count). The summed E-state index contributed by atoms with van der Waals surface area (Å²) in [6, 6.07) is 9.84. The Morgan fingerprint density at radius 2 is 1.77 bits per heavy atom. The highest BCUT2D eigenvalue weighted by atomic mass is 16.1. The lowest BCUT2D eigenvalue weighted by molar-refractivity contribution is 0.102. The zero-order valence-electron chi connectivity index (χ0n) is 15.7. The summed E-state index contributed by atoms with van der Waals surface area (Å²) in [7, 11) is 3.97. The molecule has 6 heteroatoms. The molecule has 2 N–H and O–H groups in total. The fourth-order valence-corrected chi connectivity index (χ4v) is 3.22. The van der Waals surface area contributed by atoms with E-state index < -0.39 is 0 Å². The second-order valence-electron chi connectivity index (χ2n) is 7.09. The van der Waals surface area contributed by atoms with Crippen LogP contribution in [0.15, 0.2) is 30.3 Å². The Balaban J connectivity index is 1.70. The second kappa shape index (κ2) is 8.17. The number of aryl methyl sites for hydroxylation is 1. The first-order valence-electron chi connectivity index (χ1n) is 9.22. The summed E-state index contributed by atoms with van der Waals surface area (Å²) in [6.07, 6.45) is 6.04. The van der Waals surface area contributed by atoms with Gasteiger partial charge in [0, 0.05) is 37.2 Å². The van der Waals surface area contributed by atoms with Crippen molar-refractivity contribution in [2.24, 2.45) is 0 Å². The van der Waals surface area contributed by atoms with E-state index >= 15 is 0 Å². The van der Waals surface area contributed by atoms with E-state index in [1.807, 2.05) is 50.2 Å². The van der Waals surface area contributed by atoms with Gasteiger partial charge in [0.15, 0.2) is 0 Å². The minimum atomic E-state index is -0.222. The van der Waals surface area contributed by atoms with Crippen LogP contribution in [0.2, 0.25) is 0 Å². The van der Waals surface area contributed by atoms with Crippen molar-refractivity contribution in [1.82, 2.24) is 9.97 Å². The Morgan fingerprint density at radius 3 is 2.42 bits per heavy atom. The van der Waals surface area contributed by atoms with Gasteiger partial charge in [0.2, 0.25) is 5.95 Å². The largest absolute Gasteiger partial charge is 0.378 e. The number of nitrogens with zero attached hydrogens (tertiary/aromatic N) is 3. The van der Waals surface area contributed by atoms with Crippen LogP contribution >= 0.6 is 0 Å². The molecule has 0 spiro atoms. The number of amides is 1. The molecule has 1 aromatic heterocycles. The first-order valence-corrected chi connectivity index (χ1v) is 9.22. The fourth-order valence-electron chi connectivity index (χ4n) is 3.22. The predicted molar refractivity (Wildman–Crippen MR) is 106 cm³/mol. The Hall–Kier alpha value is -2.63. The van der Waals surface area contributed by atoms with Crippen LogP contribution in [-0.2, 0) is 0 Å². The molecule has 1 amide bonds. The average molecular weight is 353 g/mol. The van der Waals surface area contributed by atoms with Crippen molar-refractivity contribution in [2.75, 3.05) is 29.6 Å². The number of anilines is 3. The van der Waals surface area contributed by atoms with E-state index in [-0.39, 0.29) is 5.91 Å². The van der Waals surface area contributed by atoms with Gasteiger partial charge in [0.1, 0.15) is 5.69 Å². The van der Waals surface area contributed by atoms with Crippen LogP contribution in [-0.4, -0.2) is 36.0 Å². The van der Waals surface area contributed by atoms with Crippen LogP contribution in [0.25, 0.3) is 0 Å². The van der Waals surface area contributed by atoms with E-state index in [1.165, 1.54) is 19.3 Å². The summed E-state index contributed by atoms with van der Waals surface area (Å²) >= 11 is 0. The van der Waals surface area contributed by atoms with Crippen molar-refractivity contribution in [3.8, 4) is 0 Å². The number of carbonyl (C=O) groups is 1. The molecule has 1 heterocycles. The Kier molecular flexibility index (Phi) is 5.71. The molecule has 1 aromatic carbocycles. The number of hydrogen-bond donors (Lipinski definition) is 2. The molecule has 26 heavy (non-hydrogen) atoms. The fraction of sp³-hybridized carbons (Fsp3) is 0.450. The zero-order chi connectivity index (χ0) is 18.5. The Morgan fingerprint density at radius 1 is 1.08 bits per heavy atom. The Bertz CT molecular complexity index is 751. The number of benzene rings is 1. The maximum atomic E-state index is 12.6. The van der Waals surface area contributed by atoms with Crippen LogP contribution in [0, 0.1) is 6.92 Å². The lowest BCUT2D eigenvalue weighted by atomic mass is 9.96. The number of aromatic nitrogens is 2. The normalized spacial score (nSPS) is 14.7. The van der Waals surface area contributed by atoms with Crippen LogP contribution in [0.3, 0.4) is 0 Å². The smallest absolute Gasteiger partial charge is 0.274 e. The number of nitrogens with one attached hydrogen (secondary N) is 2. The van der Waals surface area contributed by atoms with Gasteiger partial charge in [-0.1, -0.05) is 19.3 Å². The van der Waals surface area contributed by atoms with Gasteiger partial charge < -0.3 is 15.5 Å². The molecule has 0 aliphatic heterocycles. The van der Waals surface area contributed by atoms with Crippen molar-refractivity contribution >= 4 is 23.2 Å². The number of carbonyl (C=O) groups excluding carboxylic acids is 1. The third-order valence-electron chi connectivity index (χ3n) is 4.67. The summed E-state index contributed by atoms with van der Waals surface area (Å²) < 4.78 is 0. The van der Waals surface area contributed by atoms with Crippen molar-refractivity contribution in [3.05, 3.63) is 41.7 Å². The first-order chi connectivity index (χ1) is 12.5. The minimum absolute atomic E-state index is 0.222. The van der Waals surface area contributed by atoms with E-state index in [4.69, 9.17) is 0 Å². The molecule has 0 unspecified atom stereocenters. The summed E-state index contributed by atoms with van der Waals surface area (Å²) in [5, 5.41) is 6.30. The van der Waals surface area contributed by atoms with E-state index in [0.29, 0.717) is 17.7 Å². The van der Waals surface area contributed by atoms with Crippen LogP contribution in [0.5, 0.6) is 0 Å². The second-order valence-corrected chi connectivity index (χ2v) is 7.09. The maximum absolute atomic E-state index is 12.6. The zero-order valence-corrected chi connectivity index (χ0v) is 15.7. The molecule has 1 saturated carbocycles. The molecule has 1 aliphatic rings. The average Bonchev–Trinajstić information content (AvgIpc) is 2.62. The summed E-state index contributed by atoms with van der Waals surface area (Å²) in [4.78, 5) is 23.5. The maximum Gasteiger partial charge on any atom is 0.274 e. The van der Waals surface area contributed by atoms with Crippen LogP contribution in [0.1, 0.15) is 48.3 Å².